The van der Waals surface area contributed by atoms with E-state index in [0.717, 1.165) is 9.87 Å². The summed E-state index contributed by atoms with van der Waals surface area (Å²) in [4.78, 5) is 12.1. The van der Waals surface area contributed by atoms with E-state index in [1.807, 2.05) is 0 Å². The number of nitrogens with one attached hydrogen (secondary N) is 1. The van der Waals surface area contributed by atoms with Gasteiger partial charge in [-0.1, -0.05) is 6.07 Å². The van der Waals surface area contributed by atoms with E-state index in [0.29, 0.717) is 11.3 Å². The highest BCUT2D eigenvalue weighted by atomic mass is 32.2. The molecule has 9 heteroatoms. The Hall–Kier alpha value is -2.62. The number of hydrogen-bond acceptors (Lipinski definition) is 6. The van der Waals surface area contributed by atoms with Crippen LogP contribution in [0, 0.1) is 0 Å². The predicted molar refractivity (Wildman–Crippen MR) is 91.3 cm³/mol. The number of carbonyl (C=O) groups is 1. The maximum absolute atomic E-state index is 13.1. The van der Waals surface area contributed by atoms with Crippen LogP contribution in [0.5, 0.6) is 11.5 Å². The second-order valence-electron chi connectivity index (χ2n) is 5.87. The van der Waals surface area contributed by atoms with Gasteiger partial charge in [-0.25, -0.2) is 13.9 Å². The molecule has 26 heavy (non-hydrogen) atoms. The molecule has 0 saturated carbocycles. The number of sulfonamides is 1. The Morgan fingerprint density at radius 2 is 1.88 bits per heavy atom. The van der Waals surface area contributed by atoms with Crippen LogP contribution in [0.25, 0.3) is 0 Å². The number of hydroxylamine groups is 1. The Bertz CT molecular complexity index is 927. The van der Waals surface area contributed by atoms with Crippen molar-refractivity contribution in [2.45, 2.75) is 23.9 Å². The summed E-state index contributed by atoms with van der Waals surface area (Å²) >= 11 is 0. The van der Waals surface area contributed by atoms with Crippen LogP contribution in [-0.2, 0) is 27.8 Å². The number of rotatable bonds is 4. The highest BCUT2D eigenvalue weighted by Crippen LogP contribution is 2.31. The number of ether oxygens (including phenoxy) is 1. The average Bonchev–Trinajstić information content (AvgIpc) is 2.66. The average molecular weight is 378 g/mol. The smallest absolute Gasteiger partial charge is 0.262 e. The van der Waals surface area contributed by atoms with Crippen LogP contribution in [0.1, 0.15) is 11.1 Å². The lowest BCUT2D eigenvalue weighted by Crippen LogP contribution is -2.51. The van der Waals surface area contributed by atoms with E-state index < -0.39 is 22.0 Å². The number of phenolic OH excluding ortho intramolecular Hbond substituents is 1. The van der Waals surface area contributed by atoms with Crippen molar-refractivity contribution in [1.29, 1.82) is 0 Å². The number of benzene rings is 2. The van der Waals surface area contributed by atoms with Gasteiger partial charge in [0.25, 0.3) is 5.91 Å². The largest absolute Gasteiger partial charge is 0.508 e. The molecule has 0 unspecified atom stereocenters. The zero-order valence-corrected chi connectivity index (χ0v) is 14.7. The van der Waals surface area contributed by atoms with E-state index in [4.69, 9.17) is 9.94 Å². The Labute approximate surface area is 150 Å². The first-order valence-electron chi connectivity index (χ1n) is 7.77. The van der Waals surface area contributed by atoms with E-state index in [1.54, 1.807) is 6.07 Å². The van der Waals surface area contributed by atoms with Crippen molar-refractivity contribution in [3.05, 3.63) is 53.6 Å². The maximum Gasteiger partial charge on any atom is 0.262 e. The van der Waals surface area contributed by atoms with E-state index in [9.17, 15) is 18.3 Å². The summed E-state index contributed by atoms with van der Waals surface area (Å²) in [5.74, 6) is -0.307. The van der Waals surface area contributed by atoms with Crippen LogP contribution in [0.15, 0.2) is 47.4 Å². The van der Waals surface area contributed by atoms with Crippen molar-refractivity contribution in [1.82, 2.24) is 9.79 Å². The Morgan fingerprint density at radius 1 is 1.19 bits per heavy atom. The molecule has 0 aromatic heterocycles. The fraction of sp³-hybridized carbons (Fsp3) is 0.235. The van der Waals surface area contributed by atoms with Gasteiger partial charge in [-0.05, 0) is 53.9 Å². The number of hydrogen-bond donors (Lipinski definition) is 3. The third-order valence-electron chi connectivity index (χ3n) is 4.36. The number of aromatic hydroxyl groups is 1. The molecule has 0 saturated heterocycles. The van der Waals surface area contributed by atoms with Crippen LogP contribution >= 0.6 is 0 Å². The summed E-state index contributed by atoms with van der Waals surface area (Å²) in [6.07, 6.45) is 0.0807. The summed E-state index contributed by atoms with van der Waals surface area (Å²) in [6, 6.07) is 9.28. The third-order valence-corrected chi connectivity index (χ3v) is 6.22. The van der Waals surface area contributed by atoms with Gasteiger partial charge in [-0.2, -0.15) is 4.31 Å². The van der Waals surface area contributed by atoms with Gasteiger partial charge in [0.1, 0.15) is 17.5 Å². The van der Waals surface area contributed by atoms with Gasteiger partial charge in [-0.3, -0.25) is 10.0 Å². The normalized spacial score (nSPS) is 17.4. The molecule has 0 spiro atoms. The first-order chi connectivity index (χ1) is 12.4. The molecule has 1 atom stereocenters. The number of fused-ring (bicyclic) bond motifs is 1. The van der Waals surface area contributed by atoms with Gasteiger partial charge in [0.15, 0.2) is 0 Å². The second-order valence-corrected chi connectivity index (χ2v) is 7.77. The first kappa shape index (κ1) is 18.2. The third kappa shape index (κ3) is 3.24. The van der Waals surface area contributed by atoms with E-state index in [2.05, 4.69) is 0 Å². The van der Waals surface area contributed by atoms with E-state index >= 15 is 0 Å². The van der Waals surface area contributed by atoms with Crippen molar-refractivity contribution in [3.8, 4) is 11.5 Å². The maximum atomic E-state index is 13.1. The second kappa shape index (κ2) is 6.94. The van der Waals surface area contributed by atoms with Crippen LogP contribution in [0.2, 0.25) is 0 Å². The van der Waals surface area contributed by atoms with Crippen molar-refractivity contribution >= 4 is 15.9 Å². The molecule has 3 rings (SSSR count). The summed E-state index contributed by atoms with van der Waals surface area (Å²) in [6.45, 7) is -0.101. The fourth-order valence-electron chi connectivity index (χ4n) is 2.98. The van der Waals surface area contributed by atoms with Gasteiger partial charge < -0.3 is 9.84 Å². The molecule has 0 radical (unpaired) electrons. The van der Waals surface area contributed by atoms with Gasteiger partial charge in [0.05, 0.1) is 12.0 Å². The molecule has 8 nitrogen and oxygen atoms in total. The molecule has 138 valence electrons. The standard InChI is InChI=1S/C17H18N2O6S/c1-25-14-4-6-15(7-5-14)26(23,24)19-10-12-8-13(20)3-2-11(12)9-16(19)17(21)18-22/h2-8,16,20,22H,9-10H2,1H3,(H,18,21)/t16-/m1/s1. The molecule has 3 N–H and O–H groups in total. The molecule has 2 aromatic rings. The summed E-state index contributed by atoms with van der Waals surface area (Å²) in [5.41, 5.74) is 2.87. The van der Waals surface area contributed by atoms with Gasteiger partial charge in [-0.15, -0.1) is 0 Å². The molecule has 1 heterocycles. The number of carbonyl (C=O) groups excluding carboxylic acids is 1. The zero-order chi connectivity index (χ0) is 18.9. The number of amides is 1. The lowest BCUT2D eigenvalue weighted by Gasteiger charge is -2.34. The molecule has 0 bridgehead atoms. The van der Waals surface area contributed by atoms with Crippen LogP contribution in [-0.4, -0.2) is 42.1 Å². The minimum atomic E-state index is -4.02. The lowest BCUT2D eigenvalue weighted by molar-refractivity contribution is -0.133. The van der Waals surface area contributed by atoms with Gasteiger partial charge in [0.2, 0.25) is 10.0 Å². The number of phenols is 1. The minimum Gasteiger partial charge on any atom is -0.508 e. The van der Waals surface area contributed by atoms with Crippen molar-refractivity contribution < 1.29 is 28.3 Å². The van der Waals surface area contributed by atoms with Gasteiger partial charge in [0, 0.05) is 6.54 Å². The SMILES string of the molecule is COc1ccc(S(=O)(=O)N2Cc3cc(O)ccc3C[C@@H]2C(=O)NO)cc1. The van der Waals surface area contributed by atoms with E-state index in [-0.39, 0.29) is 23.6 Å². The molecule has 1 aliphatic heterocycles. The highest BCUT2D eigenvalue weighted by molar-refractivity contribution is 7.89. The molecule has 1 aliphatic rings. The molecule has 2 aromatic carbocycles. The van der Waals surface area contributed by atoms with Gasteiger partial charge >= 0.3 is 0 Å². The number of methoxy groups -OCH3 is 1. The predicted octanol–water partition coefficient (Wildman–Crippen LogP) is 1.02. The molecule has 1 amide bonds. The summed E-state index contributed by atoms with van der Waals surface area (Å²) in [7, 11) is -2.55. The Balaban J connectivity index is 2.04. The minimum absolute atomic E-state index is 0.00218. The first-order valence-corrected chi connectivity index (χ1v) is 9.21. The quantitative estimate of drug-likeness (QED) is 0.540. The van der Waals surface area contributed by atoms with Crippen molar-refractivity contribution in [2.24, 2.45) is 0 Å². The monoisotopic (exact) mass is 378 g/mol. The Kier molecular flexibility index (Phi) is 4.86. The molecular formula is C17H18N2O6S. The zero-order valence-electron chi connectivity index (χ0n) is 13.9. The summed E-state index contributed by atoms with van der Waals surface area (Å²) in [5, 5.41) is 18.7. The summed E-state index contributed by atoms with van der Waals surface area (Å²) < 4.78 is 32.2. The van der Waals surface area contributed by atoms with Crippen molar-refractivity contribution in [2.75, 3.05) is 7.11 Å². The van der Waals surface area contributed by atoms with Crippen molar-refractivity contribution in [3.63, 3.8) is 0 Å². The van der Waals surface area contributed by atoms with Crippen LogP contribution < -0.4 is 10.2 Å². The lowest BCUT2D eigenvalue weighted by atomic mass is 9.95. The van der Waals surface area contributed by atoms with Crippen LogP contribution in [0.4, 0.5) is 0 Å². The Morgan fingerprint density at radius 3 is 2.50 bits per heavy atom. The van der Waals surface area contributed by atoms with Crippen LogP contribution in [0.3, 0.4) is 0 Å². The molecule has 0 fully saturated rings. The molecule has 0 aliphatic carbocycles. The highest BCUT2D eigenvalue weighted by Gasteiger charge is 2.39. The topological polar surface area (TPSA) is 116 Å². The molecular weight excluding hydrogens is 360 g/mol. The number of nitrogens with zero attached hydrogens (tertiary/aromatic N) is 1. The fourth-order valence-corrected chi connectivity index (χ4v) is 4.55. The van der Waals surface area contributed by atoms with E-state index in [1.165, 1.54) is 49.0 Å².